The van der Waals surface area contributed by atoms with Gasteiger partial charge in [-0.2, -0.15) is 0 Å². The van der Waals surface area contributed by atoms with Gasteiger partial charge in [0.25, 0.3) is 0 Å². The molecule has 0 aromatic carbocycles. The van der Waals surface area contributed by atoms with E-state index in [1.54, 1.807) is 6.92 Å². The van der Waals surface area contributed by atoms with Crippen LogP contribution >= 0.6 is 0 Å². The number of aliphatic carboxylic acids is 1. The van der Waals surface area contributed by atoms with Crippen LogP contribution in [0.25, 0.3) is 0 Å². The number of carbonyl (C=O) groups is 2. The number of hydrogen-bond donors (Lipinski definition) is 1. The van der Waals surface area contributed by atoms with Gasteiger partial charge >= 0.3 is 11.9 Å². The van der Waals surface area contributed by atoms with E-state index in [1.165, 1.54) is 0 Å². The molecule has 1 N–H and O–H groups in total. The van der Waals surface area contributed by atoms with Gasteiger partial charge in [0.15, 0.2) is 0 Å². The molecule has 0 amide bonds. The van der Waals surface area contributed by atoms with Crippen LogP contribution in [-0.4, -0.2) is 23.7 Å². The predicted molar refractivity (Wildman–Crippen MR) is 75.2 cm³/mol. The molecule has 20 heavy (non-hydrogen) atoms. The smallest absolute Gasteiger partial charge is 0.310 e. The van der Waals surface area contributed by atoms with Crippen molar-refractivity contribution in [1.82, 2.24) is 0 Å². The largest absolute Gasteiger partial charge is 0.481 e. The standard InChI is InChI=1S/C16H26O4/c1-2-20-16(19)14(12-9-5-6-10-12)13(15(17)18)11-7-3-4-8-11/h11-14H,2-10H2,1H3,(H,17,18). The van der Waals surface area contributed by atoms with Crippen molar-refractivity contribution in [2.24, 2.45) is 23.7 Å². The summed E-state index contributed by atoms with van der Waals surface area (Å²) in [6, 6.07) is 0. The van der Waals surface area contributed by atoms with Crippen molar-refractivity contribution >= 4 is 11.9 Å². The molecular weight excluding hydrogens is 256 g/mol. The molecule has 0 heterocycles. The molecular formula is C16H26O4. The van der Waals surface area contributed by atoms with Crippen LogP contribution < -0.4 is 0 Å². The summed E-state index contributed by atoms with van der Waals surface area (Å²) in [7, 11) is 0. The van der Waals surface area contributed by atoms with Gasteiger partial charge in [-0.25, -0.2) is 0 Å². The van der Waals surface area contributed by atoms with Crippen LogP contribution in [0.1, 0.15) is 58.3 Å². The van der Waals surface area contributed by atoms with E-state index in [0.29, 0.717) is 6.61 Å². The first-order valence-electron chi connectivity index (χ1n) is 8.04. The number of carbonyl (C=O) groups excluding carboxylic acids is 1. The maximum atomic E-state index is 12.3. The molecule has 0 aromatic heterocycles. The molecule has 4 heteroatoms. The summed E-state index contributed by atoms with van der Waals surface area (Å²) in [6.45, 7) is 2.12. The average molecular weight is 282 g/mol. The molecule has 0 radical (unpaired) electrons. The van der Waals surface area contributed by atoms with Gasteiger partial charge in [-0.15, -0.1) is 0 Å². The Morgan fingerprint density at radius 3 is 1.85 bits per heavy atom. The number of hydrogen-bond acceptors (Lipinski definition) is 3. The molecule has 2 aliphatic carbocycles. The summed E-state index contributed by atoms with van der Waals surface area (Å²) in [5.74, 6) is -1.70. The lowest BCUT2D eigenvalue weighted by molar-refractivity contribution is -0.162. The average Bonchev–Trinajstić information content (AvgIpc) is 3.08. The molecule has 114 valence electrons. The van der Waals surface area contributed by atoms with Gasteiger partial charge in [-0.1, -0.05) is 25.7 Å². The van der Waals surface area contributed by atoms with E-state index in [-0.39, 0.29) is 17.8 Å². The minimum absolute atomic E-state index is 0.155. The highest BCUT2D eigenvalue weighted by Gasteiger charge is 2.45. The Kier molecular flexibility index (Phi) is 5.44. The third kappa shape index (κ3) is 3.33. The molecule has 2 fully saturated rings. The number of rotatable bonds is 6. The number of carboxylic acids is 1. The number of ether oxygens (including phenoxy) is 1. The lowest BCUT2D eigenvalue weighted by Crippen LogP contribution is -2.39. The fourth-order valence-electron chi connectivity index (χ4n) is 4.15. The summed E-state index contributed by atoms with van der Waals surface area (Å²) >= 11 is 0. The van der Waals surface area contributed by atoms with E-state index in [9.17, 15) is 14.7 Å². The molecule has 0 aromatic rings. The summed E-state index contributed by atoms with van der Waals surface area (Å²) < 4.78 is 5.20. The third-order valence-corrected chi connectivity index (χ3v) is 5.05. The fraction of sp³-hybridized carbons (Fsp3) is 0.875. The van der Waals surface area contributed by atoms with Crippen molar-refractivity contribution < 1.29 is 19.4 Å². The number of esters is 1. The number of carboxylic acid groups (broad SMARTS) is 1. The highest BCUT2D eigenvalue weighted by atomic mass is 16.5. The Balaban J connectivity index is 2.20. The molecule has 0 spiro atoms. The second-order valence-electron chi connectivity index (χ2n) is 6.23. The van der Waals surface area contributed by atoms with Crippen LogP contribution in [0.3, 0.4) is 0 Å². The zero-order valence-corrected chi connectivity index (χ0v) is 12.3. The Morgan fingerprint density at radius 2 is 1.45 bits per heavy atom. The van der Waals surface area contributed by atoms with Gasteiger partial charge in [0.2, 0.25) is 0 Å². The van der Waals surface area contributed by atoms with Crippen LogP contribution in [-0.2, 0) is 14.3 Å². The van der Waals surface area contributed by atoms with Crippen molar-refractivity contribution in [3.63, 3.8) is 0 Å². The maximum Gasteiger partial charge on any atom is 0.310 e. The van der Waals surface area contributed by atoms with Crippen molar-refractivity contribution in [1.29, 1.82) is 0 Å². The van der Waals surface area contributed by atoms with Crippen LogP contribution in [0.2, 0.25) is 0 Å². The highest BCUT2D eigenvalue weighted by molar-refractivity contribution is 5.81. The minimum Gasteiger partial charge on any atom is -0.481 e. The van der Waals surface area contributed by atoms with Crippen LogP contribution in [0.15, 0.2) is 0 Å². The lowest BCUT2D eigenvalue weighted by Gasteiger charge is -2.31. The maximum absolute atomic E-state index is 12.3. The Hall–Kier alpha value is -1.06. The predicted octanol–water partition coefficient (Wildman–Crippen LogP) is 3.25. The molecule has 2 rings (SSSR count). The van der Waals surface area contributed by atoms with Crippen molar-refractivity contribution in [3.8, 4) is 0 Å². The van der Waals surface area contributed by atoms with E-state index in [4.69, 9.17) is 4.74 Å². The zero-order valence-electron chi connectivity index (χ0n) is 12.3. The van der Waals surface area contributed by atoms with Gasteiger partial charge in [-0.05, 0) is 44.4 Å². The molecule has 2 saturated carbocycles. The first-order chi connectivity index (χ1) is 9.65. The van der Waals surface area contributed by atoms with E-state index in [0.717, 1.165) is 51.4 Å². The summed E-state index contributed by atoms with van der Waals surface area (Å²) in [5.41, 5.74) is 0. The third-order valence-electron chi connectivity index (χ3n) is 5.05. The second-order valence-corrected chi connectivity index (χ2v) is 6.23. The highest BCUT2D eigenvalue weighted by Crippen LogP contribution is 2.43. The normalized spacial score (nSPS) is 23.6. The van der Waals surface area contributed by atoms with Gasteiger partial charge in [-0.3, -0.25) is 9.59 Å². The van der Waals surface area contributed by atoms with Gasteiger partial charge in [0.1, 0.15) is 0 Å². The van der Waals surface area contributed by atoms with Gasteiger partial charge in [0.05, 0.1) is 18.4 Å². The first kappa shape index (κ1) is 15.3. The Morgan fingerprint density at radius 1 is 1.00 bits per heavy atom. The molecule has 0 saturated heterocycles. The summed E-state index contributed by atoms with van der Waals surface area (Å²) in [5, 5.41) is 9.67. The summed E-state index contributed by atoms with van der Waals surface area (Å²) in [4.78, 5) is 24.1. The topological polar surface area (TPSA) is 63.6 Å². The Bertz CT molecular complexity index is 340. The SMILES string of the molecule is CCOC(=O)C(C1CCCC1)C(C(=O)O)C1CCCC1. The fourth-order valence-corrected chi connectivity index (χ4v) is 4.15. The van der Waals surface area contributed by atoms with Crippen LogP contribution in [0.5, 0.6) is 0 Å². The molecule has 0 bridgehead atoms. The zero-order chi connectivity index (χ0) is 14.5. The van der Waals surface area contributed by atoms with Crippen molar-refractivity contribution in [2.75, 3.05) is 6.61 Å². The lowest BCUT2D eigenvalue weighted by atomic mass is 9.73. The minimum atomic E-state index is -0.804. The molecule has 2 unspecified atom stereocenters. The quantitative estimate of drug-likeness (QED) is 0.760. The van der Waals surface area contributed by atoms with Crippen molar-refractivity contribution in [3.05, 3.63) is 0 Å². The van der Waals surface area contributed by atoms with E-state index in [1.807, 2.05) is 0 Å². The first-order valence-corrected chi connectivity index (χ1v) is 8.04. The molecule has 2 aliphatic rings. The van der Waals surface area contributed by atoms with E-state index in [2.05, 4.69) is 0 Å². The monoisotopic (exact) mass is 282 g/mol. The van der Waals surface area contributed by atoms with Gasteiger partial charge < -0.3 is 9.84 Å². The Labute approximate surface area is 120 Å². The van der Waals surface area contributed by atoms with E-state index >= 15 is 0 Å². The molecule has 0 aliphatic heterocycles. The van der Waals surface area contributed by atoms with E-state index < -0.39 is 17.8 Å². The summed E-state index contributed by atoms with van der Waals surface area (Å²) in [6.07, 6.45) is 8.23. The van der Waals surface area contributed by atoms with Crippen molar-refractivity contribution in [2.45, 2.75) is 58.3 Å². The second kappa shape index (κ2) is 7.09. The van der Waals surface area contributed by atoms with Crippen LogP contribution in [0.4, 0.5) is 0 Å². The molecule has 4 nitrogen and oxygen atoms in total. The van der Waals surface area contributed by atoms with Gasteiger partial charge in [0, 0.05) is 0 Å². The molecule has 2 atom stereocenters. The van der Waals surface area contributed by atoms with Crippen LogP contribution in [0, 0.1) is 23.7 Å².